The smallest absolute Gasteiger partial charge is 0.342 e. The quantitative estimate of drug-likeness (QED) is 0.661. The maximum atomic E-state index is 13.6. The minimum absolute atomic E-state index is 0.0349. The monoisotopic (exact) mass is 310 g/mol. The number of carboxylic acids is 1. The molecule has 2 N–H and O–H groups in total. The molecule has 0 spiro atoms. The van der Waals surface area contributed by atoms with E-state index in [1.807, 2.05) is 0 Å². The second kappa shape index (κ2) is 5.76. The molecule has 0 amide bonds. The van der Waals surface area contributed by atoms with Gasteiger partial charge in [-0.2, -0.15) is 0 Å². The summed E-state index contributed by atoms with van der Waals surface area (Å²) in [7, 11) is 0. The third-order valence-electron chi connectivity index (χ3n) is 2.63. The molecule has 0 aliphatic rings. The molecular weight excluding hydrogens is 303 g/mol. The average Bonchev–Trinajstić information content (AvgIpc) is 2.42. The molecule has 21 heavy (non-hydrogen) atoms. The van der Waals surface area contributed by atoms with E-state index in [-0.39, 0.29) is 11.4 Å². The van der Waals surface area contributed by atoms with Crippen molar-refractivity contribution in [2.45, 2.75) is 0 Å². The fraction of sp³-hybridized carbons (Fsp3) is 0. The van der Waals surface area contributed by atoms with E-state index in [0.29, 0.717) is 5.02 Å². The second-order valence-electron chi connectivity index (χ2n) is 4.04. The lowest BCUT2D eigenvalue weighted by atomic mass is 10.1. The second-order valence-corrected chi connectivity index (χ2v) is 4.48. The Morgan fingerprint density at radius 1 is 1.29 bits per heavy atom. The van der Waals surface area contributed by atoms with Gasteiger partial charge in [-0.3, -0.25) is 10.1 Å². The van der Waals surface area contributed by atoms with E-state index in [1.165, 1.54) is 18.2 Å². The number of nitro groups is 1. The lowest BCUT2D eigenvalue weighted by Gasteiger charge is -2.09. The number of rotatable bonds is 4. The Kier molecular flexibility index (Phi) is 4.04. The molecule has 0 saturated carbocycles. The van der Waals surface area contributed by atoms with Gasteiger partial charge in [0.25, 0.3) is 5.69 Å². The van der Waals surface area contributed by atoms with Crippen LogP contribution in [0.1, 0.15) is 10.4 Å². The lowest BCUT2D eigenvalue weighted by molar-refractivity contribution is -0.385. The van der Waals surface area contributed by atoms with Crippen molar-refractivity contribution in [2.75, 3.05) is 5.32 Å². The number of nitrogens with zero attached hydrogens (tertiary/aromatic N) is 1. The Labute approximate surface area is 122 Å². The summed E-state index contributed by atoms with van der Waals surface area (Å²) >= 11 is 5.74. The third-order valence-corrected chi connectivity index (χ3v) is 2.87. The minimum atomic E-state index is -1.45. The number of hydrogen-bond acceptors (Lipinski definition) is 4. The maximum absolute atomic E-state index is 13.6. The number of halogens is 2. The minimum Gasteiger partial charge on any atom is -0.477 e. The Morgan fingerprint density at radius 3 is 2.62 bits per heavy atom. The van der Waals surface area contributed by atoms with Crippen LogP contribution < -0.4 is 5.32 Å². The van der Waals surface area contributed by atoms with Crippen molar-refractivity contribution in [3.05, 3.63) is 62.9 Å². The first kappa shape index (κ1) is 14.7. The average molecular weight is 311 g/mol. The van der Waals surface area contributed by atoms with E-state index in [2.05, 4.69) is 5.32 Å². The van der Waals surface area contributed by atoms with E-state index in [4.69, 9.17) is 16.7 Å². The normalized spacial score (nSPS) is 10.2. The molecule has 8 heteroatoms. The molecule has 108 valence electrons. The van der Waals surface area contributed by atoms with Crippen LogP contribution in [0.2, 0.25) is 5.02 Å². The van der Waals surface area contributed by atoms with Gasteiger partial charge in [0.05, 0.1) is 10.6 Å². The van der Waals surface area contributed by atoms with Crippen molar-refractivity contribution in [2.24, 2.45) is 0 Å². The van der Waals surface area contributed by atoms with Gasteiger partial charge in [0, 0.05) is 16.8 Å². The topological polar surface area (TPSA) is 92.5 Å². The molecule has 2 aromatic rings. The molecular formula is C13H8ClFN2O4. The molecule has 2 rings (SSSR count). The van der Waals surface area contributed by atoms with Crippen molar-refractivity contribution < 1.29 is 19.2 Å². The van der Waals surface area contributed by atoms with Crippen LogP contribution in [0.5, 0.6) is 0 Å². The van der Waals surface area contributed by atoms with E-state index in [9.17, 15) is 19.3 Å². The van der Waals surface area contributed by atoms with E-state index < -0.39 is 28.0 Å². The molecule has 0 unspecified atom stereocenters. The molecule has 0 fully saturated rings. The Balaban J connectivity index is 2.41. The van der Waals surface area contributed by atoms with E-state index >= 15 is 0 Å². The van der Waals surface area contributed by atoms with Crippen LogP contribution in [0.15, 0.2) is 36.4 Å². The van der Waals surface area contributed by atoms with Gasteiger partial charge < -0.3 is 10.4 Å². The summed E-state index contributed by atoms with van der Waals surface area (Å²) in [6, 6.07) is 7.20. The van der Waals surface area contributed by atoms with Crippen LogP contribution in [0.3, 0.4) is 0 Å². The summed E-state index contributed by atoms with van der Waals surface area (Å²) in [5.41, 5.74) is -0.807. The molecule has 0 bridgehead atoms. The molecule has 0 saturated heterocycles. The highest BCUT2D eigenvalue weighted by Crippen LogP contribution is 2.27. The Hall–Kier alpha value is -2.67. The van der Waals surface area contributed by atoms with Crippen molar-refractivity contribution in [1.29, 1.82) is 0 Å². The van der Waals surface area contributed by atoms with Crippen LogP contribution in [-0.4, -0.2) is 16.0 Å². The standard InChI is InChI=1S/C13H8ClFN2O4/c14-7-1-3-10(15)11(5-7)16-8-2-4-12(17(20)21)9(6-8)13(18)19/h1-6,16H,(H,18,19). The zero-order chi connectivity index (χ0) is 15.6. The first-order valence-electron chi connectivity index (χ1n) is 5.62. The first-order valence-corrected chi connectivity index (χ1v) is 6.00. The van der Waals surface area contributed by atoms with Crippen LogP contribution in [0, 0.1) is 15.9 Å². The third kappa shape index (κ3) is 3.26. The summed E-state index contributed by atoms with van der Waals surface area (Å²) < 4.78 is 13.6. The number of carbonyl (C=O) groups is 1. The van der Waals surface area contributed by atoms with Crippen LogP contribution in [0.4, 0.5) is 21.5 Å². The molecule has 6 nitrogen and oxygen atoms in total. The van der Waals surface area contributed by atoms with Gasteiger partial charge in [-0.1, -0.05) is 11.6 Å². The number of nitrogens with one attached hydrogen (secondary N) is 1. The van der Waals surface area contributed by atoms with Crippen LogP contribution in [-0.2, 0) is 0 Å². The molecule has 0 aliphatic heterocycles. The van der Waals surface area contributed by atoms with Gasteiger partial charge in [-0.25, -0.2) is 9.18 Å². The highest BCUT2D eigenvalue weighted by Gasteiger charge is 2.20. The summed E-state index contributed by atoms with van der Waals surface area (Å²) in [5.74, 6) is -2.04. The van der Waals surface area contributed by atoms with Crippen molar-refractivity contribution in [3.8, 4) is 0 Å². The molecule has 2 aromatic carbocycles. The highest BCUT2D eigenvalue weighted by atomic mass is 35.5. The van der Waals surface area contributed by atoms with E-state index in [0.717, 1.165) is 18.2 Å². The Morgan fingerprint density at radius 2 is 2.00 bits per heavy atom. The van der Waals surface area contributed by atoms with Crippen molar-refractivity contribution in [1.82, 2.24) is 0 Å². The van der Waals surface area contributed by atoms with Gasteiger partial charge in [-0.05, 0) is 30.3 Å². The van der Waals surface area contributed by atoms with Crippen molar-refractivity contribution in [3.63, 3.8) is 0 Å². The van der Waals surface area contributed by atoms with Gasteiger partial charge in [-0.15, -0.1) is 0 Å². The zero-order valence-electron chi connectivity index (χ0n) is 10.3. The Bertz CT molecular complexity index is 736. The molecule has 0 atom stereocenters. The maximum Gasteiger partial charge on any atom is 0.342 e. The van der Waals surface area contributed by atoms with Crippen LogP contribution in [0.25, 0.3) is 0 Å². The number of aromatic carboxylic acids is 1. The largest absolute Gasteiger partial charge is 0.477 e. The van der Waals surface area contributed by atoms with Crippen molar-refractivity contribution >= 4 is 34.6 Å². The summed E-state index contributed by atoms with van der Waals surface area (Å²) in [6.45, 7) is 0. The number of nitro benzene ring substituents is 1. The molecule has 0 aromatic heterocycles. The number of anilines is 2. The summed E-state index contributed by atoms with van der Waals surface area (Å²) in [6.07, 6.45) is 0. The summed E-state index contributed by atoms with van der Waals surface area (Å²) in [4.78, 5) is 21.0. The van der Waals surface area contributed by atoms with Gasteiger partial charge in [0.15, 0.2) is 0 Å². The predicted molar refractivity (Wildman–Crippen MR) is 74.7 cm³/mol. The molecule has 0 heterocycles. The fourth-order valence-corrected chi connectivity index (χ4v) is 1.87. The zero-order valence-corrected chi connectivity index (χ0v) is 11.1. The van der Waals surface area contributed by atoms with Gasteiger partial charge in [0.1, 0.15) is 11.4 Å². The molecule has 0 radical (unpaired) electrons. The number of carboxylic acid groups (broad SMARTS) is 1. The van der Waals surface area contributed by atoms with E-state index in [1.54, 1.807) is 0 Å². The SMILES string of the molecule is O=C(O)c1cc(Nc2cc(Cl)ccc2F)ccc1[N+](=O)[O-]. The van der Waals surface area contributed by atoms with Gasteiger partial charge in [0.2, 0.25) is 0 Å². The summed E-state index contributed by atoms with van der Waals surface area (Å²) in [5, 5.41) is 22.6. The fourth-order valence-electron chi connectivity index (χ4n) is 1.69. The molecule has 0 aliphatic carbocycles. The predicted octanol–water partition coefficient (Wildman–Crippen LogP) is 3.83. The van der Waals surface area contributed by atoms with Gasteiger partial charge >= 0.3 is 5.97 Å². The number of benzene rings is 2. The number of hydrogen-bond donors (Lipinski definition) is 2. The van der Waals surface area contributed by atoms with Crippen LogP contribution >= 0.6 is 11.6 Å². The first-order chi connectivity index (χ1) is 9.88. The highest BCUT2D eigenvalue weighted by molar-refractivity contribution is 6.30. The lowest BCUT2D eigenvalue weighted by Crippen LogP contribution is -2.04.